The maximum Gasteiger partial charge on any atom is 0.294 e. The third-order valence-electron chi connectivity index (χ3n) is 2.20. The maximum absolute atomic E-state index is 5.19. The van der Waals surface area contributed by atoms with Gasteiger partial charge in [-0.1, -0.05) is 12.1 Å². The topological polar surface area (TPSA) is 47.3 Å². The molecule has 4 heteroatoms. The summed E-state index contributed by atoms with van der Waals surface area (Å²) in [6.45, 7) is 2.55. The van der Waals surface area contributed by atoms with Crippen LogP contribution in [0.15, 0.2) is 34.9 Å². The van der Waals surface area contributed by atoms with Gasteiger partial charge in [0.1, 0.15) is 12.0 Å². The lowest BCUT2D eigenvalue weighted by molar-refractivity contribution is 0.414. The van der Waals surface area contributed by atoms with Gasteiger partial charge >= 0.3 is 0 Å². The number of anilines is 1. The Balaban J connectivity index is 1.99. The number of aromatic nitrogens is 1. The Bertz CT molecular complexity index is 466. The van der Waals surface area contributed by atoms with Crippen molar-refractivity contribution in [2.75, 3.05) is 12.4 Å². The Morgan fingerprint density at radius 2 is 2.31 bits per heavy atom. The molecule has 1 N–H and O–H groups in total. The van der Waals surface area contributed by atoms with Crippen molar-refractivity contribution < 1.29 is 9.15 Å². The minimum atomic E-state index is 0.542. The molecule has 0 spiro atoms. The summed E-state index contributed by atoms with van der Waals surface area (Å²) in [5.74, 6) is 0.850. The van der Waals surface area contributed by atoms with Crippen LogP contribution in [-0.2, 0) is 6.54 Å². The summed E-state index contributed by atoms with van der Waals surface area (Å²) < 4.78 is 10.3. The average molecular weight is 218 g/mol. The molecule has 0 saturated carbocycles. The number of ether oxygens (including phenoxy) is 1. The van der Waals surface area contributed by atoms with Gasteiger partial charge in [-0.05, 0) is 24.6 Å². The lowest BCUT2D eigenvalue weighted by Crippen LogP contribution is -1.99. The van der Waals surface area contributed by atoms with Crippen LogP contribution in [0.3, 0.4) is 0 Å². The summed E-state index contributed by atoms with van der Waals surface area (Å²) in [5.41, 5.74) is 1.99. The molecule has 0 bridgehead atoms. The second kappa shape index (κ2) is 4.70. The van der Waals surface area contributed by atoms with Crippen LogP contribution >= 0.6 is 0 Å². The minimum Gasteiger partial charge on any atom is -0.497 e. The first-order valence-electron chi connectivity index (χ1n) is 5.07. The second-order valence-corrected chi connectivity index (χ2v) is 3.50. The first-order valence-corrected chi connectivity index (χ1v) is 5.07. The van der Waals surface area contributed by atoms with Crippen LogP contribution in [0, 0.1) is 6.92 Å². The Hall–Kier alpha value is -1.97. The Labute approximate surface area is 94.3 Å². The molecule has 1 aromatic carbocycles. The van der Waals surface area contributed by atoms with Crippen molar-refractivity contribution in [3.63, 3.8) is 0 Å². The monoisotopic (exact) mass is 218 g/mol. The van der Waals surface area contributed by atoms with Crippen molar-refractivity contribution in [2.24, 2.45) is 0 Å². The summed E-state index contributed by atoms with van der Waals surface area (Å²) in [4.78, 5) is 4.16. The van der Waals surface area contributed by atoms with Gasteiger partial charge in [0.2, 0.25) is 0 Å². The number of oxazole rings is 1. The van der Waals surface area contributed by atoms with E-state index in [0.29, 0.717) is 12.6 Å². The van der Waals surface area contributed by atoms with E-state index in [1.54, 1.807) is 13.4 Å². The number of hydrogen-bond acceptors (Lipinski definition) is 4. The molecular weight excluding hydrogens is 204 g/mol. The summed E-state index contributed by atoms with van der Waals surface area (Å²) in [7, 11) is 1.66. The number of nitrogens with zero attached hydrogens (tertiary/aromatic N) is 1. The number of hydrogen-bond donors (Lipinski definition) is 1. The normalized spacial score (nSPS) is 10.1. The van der Waals surface area contributed by atoms with E-state index in [1.807, 2.05) is 31.2 Å². The fourth-order valence-electron chi connectivity index (χ4n) is 1.40. The van der Waals surface area contributed by atoms with E-state index in [1.165, 1.54) is 0 Å². The highest BCUT2D eigenvalue weighted by Crippen LogP contribution is 2.14. The number of benzene rings is 1. The van der Waals surface area contributed by atoms with Crippen molar-refractivity contribution in [2.45, 2.75) is 13.5 Å². The van der Waals surface area contributed by atoms with Crippen LogP contribution in [0.4, 0.5) is 6.01 Å². The van der Waals surface area contributed by atoms with Crippen molar-refractivity contribution >= 4 is 6.01 Å². The van der Waals surface area contributed by atoms with Crippen molar-refractivity contribution in [1.82, 2.24) is 4.98 Å². The SMILES string of the molecule is COc1cccc(CNc2nc(C)co2)c1. The van der Waals surface area contributed by atoms with E-state index in [9.17, 15) is 0 Å². The fraction of sp³-hybridized carbons (Fsp3) is 0.250. The van der Waals surface area contributed by atoms with Crippen LogP contribution in [0.2, 0.25) is 0 Å². The zero-order valence-corrected chi connectivity index (χ0v) is 9.36. The van der Waals surface area contributed by atoms with Gasteiger partial charge in [-0.3, -0.25) is 0 Å². The van der Waals surface area contributed by atoms with Crippen molar-refractivity contribution in [3.05, 3.63) is 41.8 Å². The predicted molar refractivity (Wildman–Crippen MR) is 61.6 cm³/mol. The second-order valence-electron chi connectivity index (χ2n) is 3.50. The molecule has 2 aromatic rings. The third kappa shape index (κ3) is 2.53. The summed E-state index contributed by atoms with van der Waals surface area (Å²) in [6.07, 6.45) is 1.62. The Morgan fingerprint density at radius 1 is 1.44 bits per heavy atom. The highest BCUT2D eigenvalue weighted by Gasteiger charge is 2.00. The summed E-state index contributed by atoms with van der Waals surface area (Å²) in [5, 5.41) is 3.10. The molecule has 0 aliphatic carbocycles. The Kier molecular flexibility index (Phi) is 3.10. The van der Waals surface area contributed by atoms with Gasteiger partial charge in [-0.2, -0.15) is 4.98 Å². The van der Waals surface area contributed by atoms with Gasteiger partial charge in [0.05, 0.1) is 12.8 Å². The molecule has 0 amide bonds. The molecule has 0 aliphatic heterocycles. The molecule has 0 unspecified atom stereocenters. The molecule has 0 saturated heterocycles. The van der Waals surface area contributed by atoms with Crippen LogP contribution < -0.4 is 10.1 Å². The average Bonchev–Trinajstić information content (AvgIpc) is 2.73. The number of aryl methyl sites for hydroxylation is 1. The smallest absolute Gasteiger partial charge is 0.294 e. The van der Waals surface area contributed by atoms with Crippen LogP contribution in [0.25, 0.3) is 0 Å². The molecule has 0 aliphatic rings. The Morgan fingerprint density at radius 3 is 3.00 bits per heavy atom. The summed E-state index contributed by atoms with van der Waals surface area (Å²) in [6, 6.07) is 8.41. The molecule has 84 valence electrons. The van der Waals surface area contributed by atoms with E-state index >= 15 is 0 Å². The van der Waals surface area contributed by atoms with Crippen LogP contribution in [0.1, 0.15) is 11.3 Å². The van der Waals surface area contributed by atoms with Crippen molar-refractivity contribution in [3.8, 4) is 5.75 Å². The van der Waals surface area contributed by atoms with Gasteiger partial charge in [-0.15, -0.1) is 0 Å². The number of nitrogens with one attached hydrogen (secondary N) is 1. The van der Waals surface area contributed by atoms with E-state index in [4.69, 9.17) is 9.15 Å². The van der Waals surface area contributed by atoms with E-state index in [-0.39, 0.29) is 0 Å². The van der Waals surface area contributed by atoms with E-state index in [0.717, 1.165) is 17.0 Å². The van der Waals surface area contributed by atoms with E-state index in [2.05, 4.69) is 10.3 Å². The molecule has 0 radical (unpaired) electrons. The lowest BCUT2D eigenvalue weighted by atomic mass is 10.2. The predicted octanol–water partition coefficient (Wildman–Crippen LogP) is 2.60. The van der Waals surface area contributed by atoms with E-state index < -0.39 is 0 Å². The lowest BCUT2D eigenvalue weighted by Gasteiger charge is -2.04. The highest BCUT2D eigenvalue weighted by atomic mass is 16.5. The van der Waals surface area contributed by atoms with Gasteiger partial charge < -0.3 is 14.5 Å². The first-order chi connectivity index (χ1) is 7.78. The zero-order chi connectivity index (χ0) is 11.4. The molecule has 1 heterocycles. The maximum atomic E-state index is 5.19. The molecule has 16 heavy (non-hydrogen) atoms. The first kappa shape index (κ1) is 10.5. The molecule has 1 aromatic heterocycles. The standard InChI is InChI=1S/C12H14N2O2/c1-9-8-16-12(14-9)13-7-10-4-3-5-11(6-10)15-2/h3-6,8H,7H2,1-2H3,(H,13,14). The number of methoxy groups -OCH3 is 1. The molecule has 4 nitrogen and oxygen atoms in total. The molecular formula is C12H14N2O2. The van der Waals surface area contributed by atoms with Gasteiger partial charge in [-0.25, -0.2) is 0 Å². The van der Waals surface area contributed by atoms with Crippen LogP contribution in [-0.4, -0.2) is 12.1 Å². The molecule has 0 fully saturated rings. The largest absolute Gasteiger partial charge is 0.497 e. The van der Waals surface area contributed by atoms with Gasteiger partial charge in [0.15, 0.2) is 0 Å². The number of rotatable bonds is 4. The third-order valence-corrected chi connectivity index (χ3v) is 2.20. The molecule has 0 atom stereocenters. The quantitative estimate of drug-likeness (QED) is 0.856. The van der Waals surface area contributed by atoms with Crippen LogP contribution in [0.5, 0.6) is 5.75 Å². The van der Waals surface area contributed by atoms with Crippen molar-refractivity contribution in [1.29, 1.82) is 0 Å². The minimum absolute atomic E-state index is 0.542. The van der Waals surface area contributed by atoms with Gasteiger partial charge in [0.25, 0.3) is 6.01 Å². The molecule has 2 rings (SSSR count). The fourth-order valence-corrected chi connectivity index (χ4v) is 1.40. The highest BCUT2D eigenvalue weighted by molar-refractivity contribution is 5.31. The van der Waals surface area contributed by atoms with Gasteiger partial charge in [0, 0.05) is 6.54 Å². The summed E-state index contributed by atoms with van der Waals surface area (Å²) >= 11 is 0. The zero-order valence-electron chi connectivity index (χ0n) is 9.36.